The average Bonchev–Trinajstić information content (AvgIpc) is 2.44. The molecule has 0 aromatic rings. The molecule has 0 bridgehead atoms. The first-order valence-corrected chi connectivity index (χ1v) is 6.67. The minimum atomic E-state index is -5.82. The van der Waals surface area contributed by atoms with Gasteiger partial charge in [0.2, 0.25) is 0 Å². The first-order chi connectivity index (χ1) is 10.1. The standard InChI is InChI=1S/C12H17F5O5/c13-10(14)11(20,12(15,16)17)22-8(18)6-21-9(19)7-4-2-1-3-5-7/h7-8,10,18,20H,1-6H2. The lowest BCUT2D eigenvalue weighted by atomic mass is 9.89. The van der Waals surface area contributed by atoms with E-state index in [2.05, 4.69) is 9.47 Å². The van der Waals surface area contributed by atoms with Crippen molar-refractivity contribution in [2.24, 2.45) is 5.92 Å². The van der Waals surface area contributed by atoms with Crippen molar-refractivity contribution in [3.05, 3.63) is 0 Å². The summed E-state index contributed by atoms with van der Waals surface area (Å²) in [7, 11) is 0. The maximum absolute atomic E-state index is 12.3. The monoisotopic (exact) mass is 336 g/mol. The molecule has 0 radical (unpaired) electrons. The Balaban J connectivity index is 2.50. The zero-order valence-electron chi connectivity index (χ0n) is 11.5. The van der Waals surface area contributed by atoms with E-state index in [1.807, 2.05) is 0 Å². The van der Waals surface area contributed by atoms with Gasteiger partial charge in [0.05, 0.1) is 5.92 Å². The van der Waals surface area contributed by atoms with Gasteiger partial charge in [-0.05, 0) is 12.8 Å². The van der Waals surface area contributed by atoms with E-state index in [4.69, 9.17) is 10.2 Å². The van der Waals surface area contributed by atoms with E-state index >= 15 is 0 Å². The van der Waals surface area contributed by atoms with Gasteiger partial charge in [0.15, 0.2) is 6.29 Å². The summed E-state index contributed by atoms with van der Waals surface area (Å²) < 4.78 is 69.7. The lowest BCUT2D eigenvalue weighted by molar-refractivity contribution is -0.429. The molecule has 10 heteroatoms. The molecule has 0 aromatic carbocycles. The maximum Gasteiger partial charge on any atom is 0.449 e. The van der Waals surface area contributed by atoms with Gasteiger partial charge >= 0.3 is 24.4 Å². The van der Waals surface area contributed by atoms with Crippen molar-refractivity contribution in [1.82, 2.24) is 0 Å². The number of hydrogen-bond acceptors (Lipinski definition) is 5. The Hall–Kier alpha value is -1.00. The molecule has 1 rings (SSSR count). The van der Waals surface area contributed by atoms with Crippen LogP contribution in [0, 0.1) is 5.92 Å². The quantitative estimate of drug-likeness (QED) is 0.441. The topological polar surface area (TPSA) is 76.0 Å². The van der Waals surface area contributed by atoms with Crippen molar-refractivity contribution in [2.45, 2.75) is 56.8 Å². The molecule has 22 heavy (non-hydrogen) atoms. The van der Waals surface area contributed by atoms with Crippen LogP contribution in [-0.2, 0) is 14.3 Å². The molecule has 2 N–H and O–H groups in total. The molecule has 1 aliphatic rings. The molecule has 0 amide bonds. The number of ether oxygens (including phenoxy) is 2. The summed E-state index contributed by atoms with van der Waals surface area (Å²) in [5.74, 6) is -6.00. The fraction of sp³-hybridized carbons (Fsp3) is 0.917. The van der Waals surface area contributed by atoms with Crippen molar-refractivity contribution < 1.29 is 46.4 Å². The van der Waals surface area contributed by atoms with Crippen LogP contribution in [0.4, 0.5) is 22.0 Å². The van der Waals surface area contributed by atoms with Crippen LogP contribution in [0.3, 0.4) is 0 Å². The first kappa shape index (κ1) is 19.0. The second-order valence-electron chi connectivity index (χ2n) is 5.03. The summed E-state index contributed by atoms with van der Waals surface area (Å²) >= 11 is 0. The van der Waals surface area contributed by atoms with Gasteiger partial charge in [-0.15, -0.1) is 0 Å². The molecule has 1 aliphatic carbocycles. The summed E-state index contributed by atoms with van der Waals surface area (Å²) in [5, 5.41) is 18.0. The van der Waals surface area contributed by atoms with Gasteiger partial charge in [0.1, 0.15) is 6.61 Å². The smallest absolute Gasteiger partial charge is 0.449 e. The van der Waals surface area contributed by atoms with Crippen LogP contribution < -0.4 is 0 Å². The molecule has 0 aromatic heterocycles. The number of halogens is 5. The van der Waals surface area contributed by atoms with Gasteiger partial charge in [-0.1, -0.05) is 19.3 Å². The first-order valence-electron chi connectivity index (χ1n) is 6.67. The van der Waals surface area contributed by atoms with Crippen LogP contribution in [0.15, 0.2) is 0 Å². The number of aliphatic hydroxyl groups excluding tert-OH is 1. The van der Waals surface area contributed by atoms with Gasteiger partial charge in [0.25, 0.3) is 0 Å². The predicted molar refractivity (Wildman–Crippen MR) is 61.6 cm³/mol. The summed E-state index contributed by atoms with van der Waals surface area (Å²) in [4.78, 5) is 11.6. The summed E-state index contributed by atoms with van der Waals surface area (Å²) in [6.45, 7) is -1.08. The van der Waals surface area contributed by atoms with Crippen LogP contribution in [0.2, 0.25) is 0 Å². The van der Waals surface area contributed by atoms with E-state index in [1.54, 1.807) is 0 Å². The number of hydrogen-bond donors (Lipinski definition) is 2. The molecule has 1 fully saturated rings. The Bertz CT molecular complexity index is 369. The molecule has 0 saturated heterocycles. The van der Waals surface area contributed by atoms with Gasteiger partial charge < -0.3 is 19.7 Å². The molecular weight excluding hydrogens is 319 g/mol. The largest absolute Gasteiger partial charge is 0.460 e. The van der Waals surface area contributed by atoms with E-state index in [0.717, 1.165) is 19.3 Å². The van der Waals surface area contributed by atoms with Crippen LogP contribution in [-0.4, -0.2) is 47.5 Å². The minimum absolute atomic E-state index is 0.433. The van der Waals surface area contributed by atoms with Crippen molar-refractivity contribution in [3.63, 3.8) is 0 Å². The van der Waals surface area contributed by atoms with E-state index in [-0.39, 0.29) is 0 Å². The van der Waals surface area contributed by atoms with E-state index in [9.17, 15) is 26.7 Å². The fourth-order valence-electron chi connectivity index (χ4n) is 2.09. The third kappa shape index (κ3) is 4.75. The highest BCUT2D eigenvalue weighted by atomic mass is 19.4. The lowest BCUT2D eigenvalue weighted by Crippen LogP contribution is -2.56. The SMILES string of the molecule is O=C(OCC(O)OC(O)(C(F)F)C(F)(F)F)C1CCCCC1. The van der Waals surface area contributed by atoms with Crippen molar-refractivity contribution in [1.29, 1.82) is 0 Å². The number of rotatable bonds is 6. The molecule has 2 atom stereocenters. The highest BCUT2D eigenvalue weighted by molar-refractivity contribution is 5.72. The Morgan fingerprint density at radius 1 is 1.18 bits per heavy atom. The molecular formula is C12H17F5O5. The average molecular weight is 336 g/mol. The molecule has 130 valence electrons. The fourth-order valence-corrected chi connectivity index (χ4v) is 2.09. The Morgan fingerprint density at radius 2 is 1.73 bits per heavy atom. The summed E-state index contributed by atoms with van der Waals surface area (Å²) in [5.41, 5.74) is 0. The second kappa shape index (κ2) is 7.51. The predicted octanol–water partition coefficient (Wildman–Crippen LogP) is 1.96. The normalized spacial score (nSPS) is 21.5. The number of alkyl halides is 5. The minimum Gasteiger partial charge on any atom is -0.460 e. The summed E-state index contributed by atoms with van der Waals surface area (Å²) in [6, 6.07) is 0. The molecule has 0 heterocycles. The van der Waals surface area contributed by atoms with Crippen LogP contribution >= 0.6 is 0 Å². The van der Waals surface area contributed by atoms with Crippen molar-refractivity contribution in [3.8, 4) is 0 Å². The zero-order chi connectivity index (χ0) is 17.0. The third-order valence-electron chi connectivity index (χ3n) is 3.32. The van der Waals surface area contributed by atoms with Crippen molar-refractivity contribution in [2.75, 3.05) is 6.61 Å². The lowest BCUT2D eigenvalue weighted by Gasteiger charge is -2.31. The van der Waals surface area contributed by atoms with E-state index < -0.39 is 43.2 Å². The summed E-state index contributed by atoms with van der Waals surface area (Å²) in [6.07, 6.45) is -9.02. The Labute approximate surface area is 123 Å². The van der Waals surface area contributed by atoms with Crippen molar-refractivity contribution >= 4 is 5.97 Å². The molecule has 5 nitrogen and oxygen atoms in total. The van der Waals surface area contributed by atoms with Gasteiger partial charge in [-0.3, -0.25) is 4.79 Å². The molecule has 1 saturated carbocycles. The van der Waals surface area contributed by atoms with E-state index in [1.165, 1.54) is 0 Å². The number of carbonyl (C=O) groups is 1. The number of aliphatic hydroxyl groups is 2. The van der Waals surface area contributed by atoms with E-state index in [0.29, 0.717) is 12.8 Å². The molecule has 0 aliphatic heterocycles. The maximum atomic E-state index is 12.3. The van der Waals surface area contributed by atoms with Crippen LogP contribution in [0.5, 0.6) is 0 Å². The molecule has 0 spiro atoms. The Morgan fingerprint density at radius 3 is 2.18 bits per heavy atom. The highest BCUT2D eigenvalue weighted by Gasteiger charge is 2.63. The van der Waals surface area contributed by atoms with Gasteiger partial charge in [0, 0.05) is 0 Å². The van der Waals surface area contributed by atoms with Crippen LogP contribution in [0.25, 0.3) is 0 Å². The number of esters is 1. The zero-order valence-corrected chi connectivity index (χ0v) is 11.5. The van der Waals surface area contributed by atoms with Gasteiger partial charge in [-0.25, -0.2) is 8.78 Å². The second-order valence-corrected chi connectivity index (χ2v) is 5.03. The molecule has 2 unspecified atom stereocenters. The highest BCUT2D eigenvalue weighted by Crippen LogP contribution is 2.37. The number of carbonyl (C=O) groups excluding carboxylic acids is 1. The Kier molecular flexibility index (Phi) is 6.50. The van der Waals surface area contributed by atoms with Crippen LogP contribution in [0.1, 0.15) is 32.1 Å². The van der Waals surface area contributed by atoms with Gasteiger partial charge in [-0.2, -0.15) is 13.2 Å². The third-order valence-corrected chi connectivity index (χ3v) is 3.32.